The number of aryl methyl sites for hydroxylation is 1. The number of carbonyl (C=O) groups is 1. The van der Waals surface area contributed by atoms with Crippen molar-refractivity contribution in [1.29, 1.82) is 0 Å². The molecule has 0 aromatic carbocycles. The van der Waals surface area contributed by atoms with Gasteiger partial charge < -0.3 is 25.0 Å². The Kier molecular flexibility index (Phi) is 4.82. The molecule has 0 unspecified atom stereocenters. The lowest BCUT2D eigenvalue weighted by molar-refractivity contribution is 0.0819. The van der Waals surface area contributed by atoms with Crippen molar-refractivity contribution in [2.45, 2.75) is 0 Å². The average molecular weight is 380 g/mol. The van der Waals surface area contributed by atoms with Crippen LogP contribution in [0.4, 0.5) is 17.5 Å². The van der Waals surface area contributed by atoms with E-state index in [1.807, 2.05) is 25.4 Å². The van der Waals surface area contributed by atoms with Crippen LogP contribution in [0.3, 0.4) is 0 Å². The lowest BCUT2D eigenvalue weighted by Crippen LogP contribution is -2.43. The van der Waals surface area contributed by atoms with Crippen molar-refractivity contribution >= 4 is 34.4 Å². The van der Waals surface area contributed by atoms with E-state index < -0.39 is 0 Å². The van der Waals surface area contributed by atoms with Gasteiger partial charge in [0.15, 0.2) is 0 Å². The van der Waals surface area contributed by atoms with Gasteiger partial charge in [-0.1, -0.05) is 0 Å². The van der Waals surface area contributed by atoms with Crippen LogP contribution in [0.15, 0.2) is 30.6 Å². The maximum absolute atomic E-state index is 12.3. The smallest absolute Gasteiger partial charge is 0.270 e. The van der Waals surface area contributed by atoms with Gasteiger partial charge in [-0.3, -0.25) is 4.79 Å². The summed E-state index contributed by atoms with van der Waals surface area (Å²) in [5.74, 6) is 1.05. The van der Waals surface area contributed by atoms with Crippen LogP contribution in [0.25, 0.3) is 11.0 Å². The fraction of sp³-hybridized carbons (Fsp3) is 0.368. The summed E-state index contributed by atoms with van der Waals surface area (Å²) in [6.45, 7) is 3.94. The number of fused-ring (bicyclic) bond motifs is 1. The Morgan fingerprint density at radius 1 is 1.18 bits per heavy atom. The molecule has 9 nitrogen and oxygen atoms in total. The quantitative estimate of drug-likeness (QED) is 0.703. The molecule has 9 heteroatoms. The van der Waals surface area contributed by atoms with Crippen molar-refractivity contribution in [3.05, 3.63) is 36.3 Å². The zero-order valence-electron chi connectivity index (χ0n) is 16.3. The number of hydrogen-bond acceptors (Lipinski definition) is 7. The van der Waals surface area contributed by atoms with Crippen molar-refractivity contribution in [3.8, 4) is 0 Å². The Balaban J connectivity index is 1.54. The largest absolute Gasteiger partial charge is 0.368 e. The van der Waals surface area contributed by atoms with Gasteiger partial charge in [0.05, 0.1) is 11.9 Å². The van der Waals surface area contributed by atoms with Crippen molar-refractivity contribution in [2.24, 2.45) is 7.05 Å². The molecule has 4 rings (SSSR count). The number of amides is 1. The van der Waals surface area contributed by atoms with E-state index in [-0.39, 0.29) is 5.91 Å². The predicted octanol–water partition coefficient (Wildman–Crippen LogP) is 1.22. The zero-order valence-corrected chi connectivity index (χ0v) is 16.3. The van der Waals surface area contributed by atoms with Gasteiger partial charge in [-0.05, 0) is 18.2 Å². The van der Waals surface area contributed by atoms with Crippen LogP contribution >= 0.6 is 0 Å². The topological polar surface area (TPSA) is 91.2 Å². The third-order valence-corrected chi connectivity index (χ3v) is 4.86. The van der Waals surface area contributed by atoms with Crippen LogP contribution in [0, 0.1) is 0 Å². The molecule has 0 saturated carbocycles. The minimum Gasteiger partial charge on any atom is -0.368 e. The van der Waals surface area contributed by atoms with E-state index in [2.05, 4.69) is 36.6 Å². The minimum absolute atomic E-state index is 0.0693. The number of rotatable bonds is 4. The molecule has 28 heavy (non-hydrogen) atoms. The summed E-state index contributed by atoms with van der Waals surface area (Å²) >= 11 is 0. The van der Waals surface area contributed by atoms with Gasteiger partial charge in [0, 0.05) is 58.9 Å². The molecule has 1 saturated heterocycles. The molecule has 4 heterocycles. The van der Waals surface area contributed by atoms with E-state index in [4.69, 9.17) is 0 Å². The first-order valence-electron chi connectivity index (χ1n) is 9.26. The van der Waals surface area contributed by atoms with Gasteiger partial charge in [-0.15, -0.1) is 0 Å². The highest BCUT2D eigenvalue weighted by Gasteiger charge is 2.17. The molecule has 3 aromatic rings. The highest BCUT2D eigenvalue weighted by Crippen LogP contribution is 2.21. The van der Waals surface area contributed by atoms with Crippen molar-refractivity contribution in [3.63, 3.8) is 0 Å². The Labute approximate surface area is 163 Å². The number of carbonyl (C=O) groups excluding carboxylic acids is 1. The molecule has 146 valence electrons. The van der Waals surface area contributed by atoms with Crippen LogP contribution in [-0.4, -0.2) is 70.6 Å². The maximum atomic E-state index is 12.3. The minimum atomic E-state index is -0.0693. The third kappa shape index (κ3) is 3.48. The molecule has 0 spiro atoms. The van der Waals surface area contributed by atoms with Crippen molar-refractivity contribution < 1.29 is 4.79 Å². The fourth-order valence-electron chi connectivity index (χ4n) is 3.29. The van der Waals surface area contributed by atoms with Gasteiger partial charge in [0.1, 0.15) is 17.2 Å². The van der Waals surface area contributed by atoms with Gasteiger partial charge in [0.2, 0.25) is 5.95 Å². The van der Waals surface area contributed by atoms with E-state index in [9.17, 15) is 4.79 Å². The number of pyridine rings is 1. The second-order valence-corrected chi connectivity index (χ2v) is 7.02. The van der Waals surface area contributed by atoms with Crippen molar-refractivity contribution in [1.82, 2.24) is 29.7 Å². The number of piperazine rings is 1. The highest BCUT2D eigenvalue weighted by atomic mass is 16.2. The lowest BCUT2D eigenvalue weighted by atomic mass is 10.3. The van der Waals surface area contributed by atoms with Gasteiger partial charge >= 0.3 is 0 Å². The maximum Gasteiger partial charge on any atom is 0.270 e. The van der Waals surface area contributed by atoms with Gasteiger partial charge in [-0.25, -0.2) is 9.97 Å². The summed E-state index contributed by atoms with van der Waals surface area (Å²) in [5, 5.41) is 7.31. The van der Waals surface area contributed by atoms with Crippen LogP contribution < -0.4 is 15.5 Å². The monoisotopic (exact) mass is 380 g/mol. The number of nitrogens with one attached hydrogen (secondary N) is 2. The summed E-state index contributed by atoms with van der Waals surface area (Å²) in [6, 6.07) is 5.79. The van der Waals surface area contributed by atoms with Crippen molar-refractivity contribution in [2.75, 3.05) is 50.5 Å². The Bertz CT molecular complexity index is 989. The molecule has 1 fully saturated rings. The zero-order chi connectivity index (χ0) is 19.7. The first-order valence-corrected chi connectivity index (χ1v) is 9.26. The molecule has 2 N–H and O–H groups in total. The number of hydrogen-bond donors (Lipinski definition) is 2. The Morgan fingerprint density at radius 3 is 2.64 bits per heavy atom. The number of aromatic nitrogens is 4. The first kappa shape index (κ1) is 18.2. The van der Waals surface area contributed by atoms with Crippen LogP contribution in [-0.2, 0) is 7.05 Å². The fourth-order valence-corrected chi connectivity index (χ4v) is 3.29. The Hall–Kier alpha value is -3.20. The number of anilines is 3. The summed E-state index contributed by atoms with van der Waals surface area (Å²) in [7, 11) is 5.29. The third-order valence-electron chi connectivity index (χ3n) is 4.86. The van der Waals surface area contributed by atoms with E-state index in [1.165, 1.54) is 0 Å². The van der Waals surface area contributed by atoms with E-state index in [1.54, 1.807) is 29.8 Å². The summed E-state index contributed by atoms with van der Waals surface area (Å²) < 4.78 is 1.78. The van der Waals surface area contributed by atoms with E-state index >= 15 is 0 Å². The standard InChI is InChI=1S/C19H24N8O/c1-25(2)18(28)15-10-13-11-22-19(24-17(13)26(15)3)23-16-5-4-14(12-21-16)27-8-6-20-7-9-27/h4-5,10-12,20H,6-9H2,1-3H3,(H,21,22,23,24). The molecule has 0 aliphatic carbocycles. The lowest BCUT2D eigenvalue weighted by Gasteiger charge is -2.29. The molecular weight excluding hydrogens is 356 g/mol. The SMILES string of the molecule is CN(C)C(=O)c1cc2cnc(Nc3ccc(N4CCNCC4)cn3)nc2n1C. The molecular formula is C19H24N8O. The molecule has 1 aliphatic rings. The van der Waals surface area contributed by atoms with Gasteiger partial charge in [-0.2, -0.15) is 4.98 Å². The molecule has 0 bridgehead atoms. The van der Waals surface area contributed by atoms with Gasteiger partial charge in [0.25, 0.3) is 5.91 Å². The number of nitrogens with zero attached hydrogens (tertiary/aromatic N) is 6. The molecule has 0 atom stereocenters. The average Bonchev–Trinajstić information content (AvgIpc) is 3.05. The van der Waals surface area contributed by atoms with Crippen LogP contribution in [0.5, 0.6) is 0 Å². The van der Waals surface area contributed by atoms with E-state index in [0.717, 1.165) is 37.3 Å². The van der Waals surface area contributed by atoms with E-state index in [0.29, 0.717) is 23.1 Å². The second-order valence-electron chi connectivity index (χ2n) is 7.02. The van der Waals surface area contributed by atoms with Crippen LogP contribution in [0.2, 0.25) is 0 Å². The second kappa shape index (κ2) is 7.43. The molecule has 1 aliphatic heterocycles. The first-order chi connectivity index (χ1) is 13.5. The summed E-state index contributed by atoms with van der Waals surface area (Å²) in [5.41, 5.74) is 2.38. The predicted molar refractivity (Wildman–Crippen MR) is 109 cm³/mol. The van der Waals surface area contributed by atoms with Crippen LogP contribution in [0.1, 0.15) is 10.5 Å². The summed E-state index contributed by atoms with van der Waals surface area (Å²) in [4.78, 5) is 29.5. The molecule has 0 radical (unpaired) electrons. The Morgan fingerprint density at radius 2 is 1.96 bits per heavy atom. The molecule has 1 amide bonds. The molecule has 3 aromatic heterocycles. The summed E-state index contributed by atoms with van der Waals surface area (Å²) in [6.07, 6.45) is 3.58. The highest BCUT2D eigenvalue weighted by molar-refractivity contribution is 5.97. The normalized spacial score (nSPS) is 14.3.